The Hall–Kier alpha value is -3.44. The van der Waals surface area contributed by atoms with Crippen LogP contribution in [0.1, 0.15) is 66.7 Å². The zero-order valence-electron chi connectivity index (χ0n) is 25.5. The Morgan fingerprint density at radius 1 is 1.00 bits per heavy atom. The van der Waals surface area contributed by atoms with E-state index < -0.39 is 65.8 Å². The first-order valence-electron chi connectivity index (χ1n) is 14.5. The van der Waals surface area contributed by atoms with Crippen LogP contribution >= 0.6 is 0 Å². The Morgan fingerprint density at radius 3 is 2.24 bits per heavy atom. The van der Waals surface area contributed by atoms with Gasteiger partial charge in [-0.05, 0) is 31.6 Å². The third-order valence-electron chi connectivity index (χ3n) is 8.13. The minimum absolute atomic E-state index is 0.0566. The molecule has 0 aromatic heterocycles. The lowest BCUT2D eigenvalue weighted by Gasteiger charge is -2.38. The van der Waals surface area contributed by atoms with Gasteiger partial charge in [-0.3, -0.25) is 28.8 Å². The standard InChI is InChI=1S/C29H47N5O7/c1-9-12-21-27(38)34-16-11-13-20(34)26(37)31-23(18(5)10-2)28(39)33(8)24(17(3)4)29(40)32(7)19(6)25(36)30-15-14-22(35)41-21/h9,17-21,23-24H,1,10-16H2,2-8H3,(H,30,36)(H,31,37)/t18-,19-,20-,21-,23-,24-/m1/s1. The van der Waals surface area contributed by atoms with Gasteiger partial charge in [-0.2, -0.15) is 0 Å². The maximum atomic E-state index is 13.9. The Kier molecular flexibility index (Phi) is 12.3. The van der Waals surface area contributed by atoms with Crippen LogP contribution < -0.4 is 10.6 Å². The van der Waals surface area contributed by atoms with Crippen molar-refractivity contribution in [3.63, 3.8) is 0 Å². The van der Waals surface area contributed by atoms with E-state index in [1.807, 2.05) is 27.7 Å². The molecule has 2 aliphatic rings. The Balaban J connectivity index is 2.53. The normalized spacial score (nSPS) is 28.8. The van der Waals surface area contributed by atoms with Gasteiger partial charge in [0.1, 0.15) is 24.2 Å². The van der Waals surface area contributed by atoms with Gasteiger partial charge in [0.25, 0.3) is 5.91 Å². The molecule has 0 unspecified atom stereocenters. The first-order chi connectivity index (χ1) is 19.3. The van der Waals surface area contributed by atoms with Crippen molar-refractivity contribution in [1.82, 2.24) is 25.3 Å². The molecule has 0 aromatic carbocycles. The summed E-state index contributed by atoms with van der Waals surface area (Å²) in [5, 5.41) is 5.51. The van der Waals surface area contributed by atoms with Crippen molar-refractivity contribution in [3.05, 3.63) is 12.7 Å². The largest absolute Gasteiger partial charge is 0.452 e. The smallest absolute Gasteiger partial charge is 0.308 e. The van der Waals surface area contributed by atoms with E-state index in [0.29, 0.717) is 25.8 Å². The van der Waals surface area contributed by atoms with Gasteiger partial charge in [-0.25, -0.2) is 0 Å². The molecule has 6 atom stereocenters. The van der Waals surface area contributed by atoms with Crippen LogP contribution in [-0.2, 0) is 33.5 Å². The molecule has 2 rings (SSSR count). The highest BCUT2D eigenvalue weighted by Gasteiger charge is 2.42. The first kappa shape index (κ1) is 33.8. The van der Waals surface area contributed by atoms with Crippen molar-refractivity contribution in [3.8, 4) is 0 Å². The summed E-state index contributed by atoms with van der Waals surface area (Å²) >= 11 is 0. The van der Waals surface area contributed by atoms with E-state index >= 15 is 0 Å². The lowest BCUT2D eigenvalue weighted by molar-refractivity contribution is -0.161. The minimum atomic E-state index is -1.17. The maximum Gasteiger partial charge on any atom is 0.308 e. The Bertz CT molecular complexity index is 1020. The highest BCUT2D eigenvalue weighted by atomic mass is 16.5. The molecule has 2 aliphatic heterocycles. The monoisotopic (exact) mass is 577 g/mol. The third-order valence-corrected chi connectivity index (χ3v) is 8.13. The quantitative estimate of drug-likeness (QED) is 0.364. The van der Waals surface area contributed by atoms with Crippen molar-refractivity contribution in [2.75, 3.05) is 27.2 Å². The molecule has 0 spiro atoms. The summed E-state index contributed by atoms with van der Waals surface area (Å²) in [6, 6.07) is -3.57. The second-order valence-electron chi connectivity index (χ2n) is 11.4. The van der Waals surface area contributed by atoms with E-state index in [4.69, 9.17) is 4.74 Å². The number of carbonyl (C=O) groups excluding carboxylic acids is 6. The zero-order valence-corrected chi connectivity index (χ0v) is 25.5. The molecule has 12 heteroatoms. The molecule has 0 aliphatic carbocycles. The van der Waals surface area contributed by atoms with E-state index in [1.54, 1.807) is 6.92 Å². The molecule has 41 heavy (non-hydrogen) atoms. The number of carbonyl (C=O) groups is 6. The number of hydrogen-bond donors (Lipinski definition) is 2. The van der Waals surface area contributed by atoms with Crippen molar-refractivity contribution in [2.24, 2.45) is 11.8 Å². The van der Waals surface area contributed by atoms with E-state index in [-0.39, 0.29) is 31.2 Å². The van der Waals surface area contributed by atoms with E-state index in [9.17, 15) is 28.8 Å². The topological polar surface area (TPSA) is 145 Å². The molecule has 2 N–H and O–H groups in total. The highest BCUT2D eigenvalue weighted by Crippen LogP contribution is 2.23. The highest BCUT2D eigenvalue weighted by molar-refractivity contribution is 5.96. The van der Waals surface area contributed by atoms with Gasteiger partial charge in [0.2, 0.25) is 23.6 Å². The molecule has 2 heterocycles. The average molecular weight is 578 g/mol. The predicted molar refractivity (Wildman–Crippen MR) is 152 cm³/mol. The van der Waals surface area contributed by atoms with Crippen LogP contribution in [0.3, 0.4) is 0 Å². The number of nitrogens with one attached hydrogen (secondary N) is 2. The molecule has 0 radical (unpaired) electrons. The molecule has 2 fully saturated rings. The van der Waals surface area contributed by atoms with Crippen LogP contribution in [0.2, 0.25) is 0 Å². The van der Waals surface area contributed by atoms with E-state index in [0.717, 1.165) is 0 Å². The van der Waals surface area contributed by atoms with Crippen molar-refractivity contribution in [1.29, 1.82) is 0 Å². The van der Waals surface area contributed by atoms with E-state index in [1.165, 1.54) is 34.9 Å². The number of rotatable bonds is 5. The van der Waals surface area contributed by atoms with Crippen LogP contribution in [0.5, 0.6) is 0 Å². The SMILES string of the molecule is C=CC[C@H]1OC(=O)CCNC(=O)[C@@H](C)N(C)C(=O)[C@@H](C(C)C)N(C)C(=O)[C@@H]([C@H](C)CC)NC(=O)[C@H]2CCCN2C1=O. The number of fused-ring (bicyclic) bond motifs is 1. The average Bonchev–Trinajstić information content (AvgIpc) is 3.43. The molecule has 230 valence electrons. The second kappa shape index (κ2) is 15.0. The number of amides is 5. The lowest BCUT2D eigenvalue weighted by Crippen LogP contribution is -2.60. The van der Waals surface area contributed by atoms with E-state index in [2.05, 4.69) is 17.2 Å². The van der Waals surface area contributed by atoms with Gasteiger partial charge >= 0.3 is 5.97 Å². The van der Waals surface area contributed by atoms with Crippen LogP contribution in [0, 0.1) is 11.8 Å². The summed E-state index contributed by atoms with van der Waals surface area (Å²) in [5.74, 6) is -3.58. The summed E-state index contributed by atoms with van der Waals surface area (Å²) in [6.45, 7) is 12.8. The van der Waals surface area contributed by atoms with Gasteiger partial charge < -0.3 is 30.1 Å². The van der Waals surface area contributed by atoms with Gasteiger partial charge in [0, 0.05) is 33.6 Å². The van der Waals surface area contributed by atoms with Gasteiger partial charge in [0.05, 0.1) is 6.42 Å². The molecule has 0 aromatic rings. The first-order valence-corrected chi connectivity index (χ1v) is 14.5. The summed E-state index contributed by atoms with van der Waals surface area (Å²) in [5.41, 5.74) is 0. The van der Waals surface area contributed by atoms with Gasteiger partial charge in [-0.15, -0.1) is 6.58 Å². The molecular weight excluding hydrogens is 530 g/mol. The number of likely N-dealkylation sites (N-methyl/N-ethyl adjacent to an activating group) is 2. The number of esters is 1. The molecule has 5 amide bonds. The van der Waals surface area contributed by atoms with Gasteiger partial charge in [-0.1, -0.05) is 40.2 Å². The second-order valence-corrected chi connectivity index (χ2v) is 11.4. The summed E-state index contributed by atoms with van der Waals surface area (Å²) in [7, 11) is 3.02. The Morgan fingerprint density at radius 2 is 1.66 bits per heavy atom. The van der Waals surface area contributed by atoms with Crippen molar-refractivity contribution >= 4 is 35.5 Å². The molecule has 12 nitrogen and oxygen atoms in total. The van der Waals surface area contributed by atoms with Crippen molar-refractivity contribution < 1.29 is 33.5 Å². The minimum Gasteiger partial charge on any atom is -0.452 e. The van der Waals surface area contributed by atoms with Crippen LogP contribution in [0.25, 0.3) is 0 Å². The fourth-order valence-electron chi connectivity index (χ4n) is 5.25. The van der Waals surface area contributed by atoms with Crippen LogP contribution in [-0.4, -0.2) is 108 Å². The number of nitrogens with zero attached hydrogens (tertiary/aromatic N) is 3. The maximum absolute atomic E-state index is 13.9. The molecular formula is C29H47N5O7. The number of ether oxygens (including phenoxy) is 1. The third kappa shape index (κ3) is 8.07. The lowest BCUT2D eigenvalue weighted by atomic mass is 9.94. The number of cyclic esters (lactones) is 1. The fraction of sp³-hybridized carbons (Fsp3) is 0.724. The molecule has 0 saturated carbocycles. The van der Waals surface area contributed by atoms with Crippen molar-refractivity contribution in [2.45, 2.75) is 97.0 Å². The summed E-state index contributed by atoms with van der Waals surface area (Å²) in [4.78, 5) is 84.0. The van der Waals surface area contributed by atoms with Gasteiger partial charge in [0.15, 0.2) is 6.10 Å². The van der Waals surface area contributed by atoms with Crippen LogP contribution in [0.15, 0.2) is 12.7 Å². The summed E-state index contributed by atoms with van der Waals surface area (Å²) in [6.07, 6.45) is 1.70. The predicted octanol–water partition coefficient (Wildman–Crippen LogP) is 0.846. The molecule has 0 bridgehead atoms. The zero-order chi connectivity index (χ0) is 31.0. The fourth-order valence-corrected chi connectivity index (χ4v) is 5.25. The molecule has 2 saturated heterocycles. The summed E-state index contributed by atoms with van der Waals surface area (Å²) < 4.78 is 5.45. The Labute approximate surface area is 243 Å². The van der Waals surface area contributed by atoms with Crippen LogP contribution in [0.4, 0.5) is 0 Å². The number of hydrogen-bond acceptors (Lipinski definition) is 7.